The first-order chi connectivity index (χ1) is 20.3. The van der Waals surface area contributed by atoms with E-state index in [0.29, 0.717) is 18.2 Å². The summed E-state index contributed by atoms with van der Waals surface area (Å²) in [5.74, 6) is -0.712. The summed E-state index contributed by atoms with van der Waals surface area (Å²) in [6.07, 6.45) is 11.9. The Morgan fingerprint density at radius 1 is 1.00 bits per heavy atom. The van der Waals surface area contributed by atoms with E-state index in [1.165, 1.54) is 24.8 Å². The monoisotopic (exact) mass is 576 g/mol. The molecule has 1 aliphatic carbocycles. The molecular formula is C34H48N4O4. The van der Waals surface area contributed by atoms with Gasteiger partial charge >= 0.3 is 0 Å². The van der Waals surface area contributed by atoms with Gasteiger partial charge in [-0.1, -0.05) is 64.3 Å². The van der Waals surface area contributed by atoms with Crippen LogP contribution in [0.3, 0.4) is 0 Å². The molecule has 6 rings (SSSR count). The number of anilines is 1. The fourth-order valence-corrected chi connectivity index (χ4v) is 7.96. The Kier molecular flexibility index (Phi) is 8.47. The molecule has 1 aromatic carbocycles. The summed E-state index contributed by atoms with van der Waals surface area (Å²) in [5, 5.41) is 6.34. The Morgan fingerprint density at radius 3 is 2.40 bits per heavy atom. The summed E-state index contributed by atoms with van der Waals surface area (Å²) in [6.45, 7) is 10.1. The molecule has 4 fully saturated rings. The molecule has 1 saturated carbocycles. The fourth-order valence-electron chi connectivity index (χ4n) is 7.96. The minimum atomic E-state index is -1.11. The van der Waals surface area contributed by atoms with Crippen LogP contribution in [0.1, 0.15) is 83.6 Å². The SMILES string of the molecule is CC1CCN(CCCN2C(=O)[C@@H]3C(C(=O)Nc4ccc(C(C)C)cc4)[C@@H]4C=CC3(O4)C2C(=O)NC2CCCCC2)CC1. The molecule has 3 unspecified atom stereocenters. The number of hydrogen-bond acceptors (Lipinski definition) is 5. The Morgan fingerprint density at radius 2 is 1.71 bits per heavy atom. The van der Waals surface area contributed by atoms with Gasteiger partial charge in [-0.05, 0) is 81.3 Å². The number of carbonyl (C=O) groups is 3. The molecule has 2 bridgehead atoms. The topological polar surface area (TPSA) is 91.0 Å². The van der Waals surface area contributed by atoms with Gasteiger partial charge in [-0.25, -0.2) is 0 Å². The Bertz CT molecular complexity index is 1180. The molecule has 2 N–H and O–H groups in total. The van der Waals surface area contributed by atoms with Crippen LogP contribution >= 0.6 is 0 Å². The molecule has 5 aliphatic rings. The van der Waals surface area contributed by atoms with Crippen LogP contribution in [0.2, 0.25) is 0 Å². The van der Waals surface area contributed by atoms with Crippen molar-refractivity contribution < 1.29 is 19.1 Å². The maximum absolute atomic E-state index is 14.2. The van der Waals surface area contributed by atoms with Gasteiger partial charge in [0.2, 0.25) is 17.7 Å². The first kappa shape index (κ1) is 29.4. The molecule has 3 saturated heterocycles. The predicted octanol–water partition coefficient (Wildman–Crippen LogP) is 4.47. The summed E-state index contributed by atoms with van der Waals surface area (Å²) >= 11 is 0. The number of nitrogens with zero attached hydrogens (tertiary/aromatic N) is 2. The van der Waals surface area contributed by atoms with Crippen molar-refractivity contribution in [3.05, 3.63) is 42.0 Å². The largest absolute Gasteiger partial charge is 0.359 e. The third kappa shape index (κ3) is 5.52. The second-order valence-electron chi connectivity index (χ2n) is 13.7. The normalized spacial score (nSPS) is 31.6. The van der Waals surface area contributed by atoms with Crippen LogP contribution in [-0.2, 0) is 19.1 Å². The predicted molar refractivity (Wildman–Crippen MR) is 163 cm³/mol. The molecule has 1 aromatic rings. The molecule has 8 heteroatoms. The summed E-state index contributed by atoms with van der Waals surface area (Å²) < 4.78 is 6.53. The van der Waals surface area contributed by atoms with Gasteiger partial charge in [-0.3, -0.25) is 14.4 Å². The number of rotatable bonds is 9. The summed E-state index contributed by atoms with van der Waals surface area (Å²) in [4.78, 5) is 46.2. The first-order valence-corrected chi connectivity index (χ1v) is 16.4. The standard InChI is InChI=1S/C34H48N4O4/c1-22(2)24-10-12-26(13-11-24)35-31(39)28-27-14-17-34(42-27)29(28)33(41)38(19-7-18-37-20-15-23(3)16-21-37)30(34)32(40)36-25-8-5-4-6-9-25/h10-14,17,22-23,25,27-30H,4-9,15-16,18-21H2,1-3H3,(H,35,39)(H,36,40)/t27-,28?,29-,30?,34?/m0/s1. The summed E-state index contributed by atoms with van der Waals surface area (Å²) in [7, 11) is 0. The van der Waals surface area contributed by atoms with Gasteiger partial charge in [0.15, 0.2) is 0 Å². The van der Waals surface area contributed by atoms with Gasteiger partial charge in [-0.2, -0.15) is 0 Å². The molecule has 3 amide bonds. The molecule has 0 radical (unpaired) electrons. The van der Waals surface area contributed by atoms with Crippen molar-refractivity contribution >= 4 is 23.4 Å². The van der Waals surface area contributed by atoms with Crippen molar-refractivity contribution in [2.75, 3.05) is 31.5 Å². The lowest BCUT2D eigenvalue weighted by Gasteiger charge is -2.35. The highest BCUT2D eigenvalue weighted by atomic mass is 16.5. The third-order valence-electron chi connectivity index (χ3n) is 10.5. The van der Waals surface area contributed by atoms with Crippen LogP contribution in [0, 0.1) is 17.8 Å². The molecular weight excluding hydrogens is 528 g/mol. The van der Waals surface area contributed by atoms with Crippen molar-refractivity contribution in [3.8, 4) is 0 Å². The summed E-state index contributed by atoms with van der Waals surface area (Å²) in [5.41, 5.74) is 0.797. The van der Waals surface area contributed by atoms with Crippen LogP contribution < -0.4 is 10.6 Å². The van der Waals surface area contributed by atoms with Gasteiger partial charge < -0.3 is 25.2 Å². The number of fused-ring (bicyclic) bond motifs is 1. The van der Waals surface area contributed by atoms with Crippen molar-refractivity contribution in [2.24, 2.45) is 17.8 Å². The van der Waals surface area contributed by atoms with Crippen LogP contribution in [-0.4, -0.2) is 77.5 Å². The van der Waals surface area contributed by atoms with Crippen molar-refractivity contribution in [3.63, 3.8) is 0 Å². The first-order valence-electron chi connectivity index (χ1n) is 16.4. The van der Waals surface area contributed by atoms with Crippen molar-refractivity contribution in [2.45, 2.75) is 102 Å². The van der Waals surface area contributed by atoms with Gasteiger partial charge in [0.1, 0.15) is 11.6 Å². The number of benzene rings is 1. The number of piperidine rings is 1. The minimum absolute atomic E-state index is 0.129. The third-order valence-corrected chi connectivity index (χ3v) is 10.5. The maximum Gasteiger partial charge on any atom is 0.246 e. The lowest BCUT2D eigenvalue weighted by molar-refractivity contribution is -0.141. The highest BCUT2D eigenvalue weighted by Gasteiger charge is 2.72. The molecule has 228 valence electrons. The zero-order valence-electron chi connectivity index (χ0n) is 25.5. The van der Waals surface area contributed by atoms with E-state index in [4.69, 9.17) is 4.74 Å². The highest BCUT2D eigenvalue weighted by molar-refractivity contribution is 6.02. The van der Waals surface area contributed by atoms with Gasteiger partial charge in [0, 0.05) is 18.3 Å². The summed E-state index contributed by atoms with van der Waals surface area (Å²) in [6, 6.07) is 7.24. The number of carbonyl (C=O) groups excluding carboxylic acids is 3. The number of hydrogen-bond donors (Lipinski definition) is 2. The Hall–Kier alpha value is -2.71. The van der Waals surface area contributed by atoms with E-state index in [0.717, 1.165) is 57.7 Å². The van der Waals surface area contributed by atoms with E-state index in [-0.39, 0.29) is 23.8 Å². The minimum Gasteiger partial charge on any atom is -0.359 e. The van der Waals surface area contributed by atoms with Crippen LogP contribution in [0.15, 0.2) is 36.4 Å². The molecule has 42 heavy (non-hydrogen) atoms. The molecule has 4 heterocycles. The van der Waals surface area contributed by atoms with Crippen LogP contribution in [0.25, 0.3) is 0 Å². The maximum atomic E-state index is 14.2. The van der Waals surface area contributed by atoms with Crippen LogP contribution in [0.4, 0.5) is 5.69 Å². The highest BCUT2D eigenvalue weighted by Crippen LogP contribution is 2.55. The average molecular weight is 577 g/mol. The van der Waals surface area contributed by atoms with E-state index in [2.05, 4.69) is 36.3 Å². The molecule has 5 atom stereocenters. The second-order valence-corrected chi connectivity index (χ2v) is 13.7. The van der Waals surface area contributed by atoms with E-state index >= 15 is 0 Å². The van der Waals surface area contributed by atoms with E-state index < -0.39 is 29.6 Å². The van der Waals surface area contributed by atoms with Gasteiger partial charge in [0.05, 0.1) is 17.9 Å². The lowest BCUT2D eigenvalue weighted by atomic mass is 9.74. The van der Waals surface area contributed by atoms with Crippen molar-refractivity contribution in [1.29, 1.82) is 0 Å². The molecule has 0 aromatic heterocycles. The van der Waals surface area contributed by atoms with Gasteiger partial charge in [-0.15, -0.1) is 0 Å². The molecule has 4 aliphatic heterocycles. The second kappa shape index (κ2) is 12.1. The molecule has 8 nitrogen and oxygen atoms in total. The zero-order valence-corrected chi connectivity index (χ0v) is 25.5. The zero-order chi connectivity index (χ0) is 29.4. The van der Waals surface area contributed by atoms with Crippen molar-refractivity contribution in [1.82, 2.24) is 15.1 Å². The fraction of sp³-hybridized carbons (Fsp3) is 0.676. The average Bonchev–Trinajstić information content (AvgIpc) is 3.62. The Labute approximate surface area is 250 Å². The number of amides is 3. The smallest absolute Gasteiger partial charge is 0.246 e. The number of likely N-dealkylation sites (tertiary alicyclic amines) is 2. The van der Waals surface area contributed by atoms with E-state index in [1.807, 2.05) is 36.4 Å². The van der Waals surface area contributed by atoms with E-state index in [9.17, 15) is 14.4 Å². The van der Waals surface area contributed by atoms with E-state index in [1.54, 1.807) is 4.90 Å². The molecule has 1 spiro atoms. The quantitative estimate of drug-likeness (QED) is 0.424. The Balaban J connectivity index is 1.21. The number of nitrogens with one attached hydrogen (secondary N) is 2. The number of ether oxygens (including phenoxy) is 1. The van der Waals surface area contributed by atoms with Gasteiger partial charge in [0.25, 0.3) is 0 Å². The van der Waals surface area contributed by atoms with Crippen LogP contribution in [0.5, 0.6) is 0 Å². The lowest BCUT2D eigenvalue weighted by Crippen LogP contribution is -2.56.